The minimum atomic E-state index is -0.211. The van der Waals surface area contributed by atoms with E-state index in [1.165, 1.54) is 6.20 Å². The molecular weight excluding hydrogens is 270 g/mol. The van der Waals surface area contributed by atoms with E-state index >= 15 is 0 Å². The number of carbonyl (C=O) groups is 1. The first-order valence-corrected chi connectivity index (χ1v) is 6.60. The average Bonchev–Trinajstić information content (AvgIpc) is 2.51. The Morgan fingerprint density at radius 1 is 1.33 bits per heavy atom. The summed E-state index contributed by atoms with van der Waals surface area (Å²) in [7, 11) is 3.17. The van der Waals surface area contributed by atoms with Crippen LogP contribution in [0.2, 0.25) is 0 Å². The lowest BCUT2D eigenvalue weighted by Gasteiger charge is -2.15. The lowest BCUT2D eigenvalue weighted by molar-refractivity contribution is 0.0285. The molecule has 3 N–H and O–H groups in total. The SMILES string of the molecule is COCC(CNC(=O)c1cnc(N)c2ccccc12)OC. The quantitative estimate of drug-likeness (QED) is 0.834. The Balaban J connectivity index is 2.18. The van der Waals surface area contributed by atoms with Crippen molar-refractivity contribution in [1.82, 2.24) is 10.3 Å². The molecule has 21 heavy (non-hydrogen) atoms. The van der Waals surface area contributed by atoms with Crippen LogP contribution in [0.3, 0.4) is 0 Å². The van der Waals surface area contributed by atoms with E-state index in [2.05, 4.69) is 10.3 Å². The minimum Gasteiger partial charge on any atom is -0.383 e. The van der Waals surface area contributed by atoms with Crippen molar-refractivity contribution in [1.29, 1.82) is 0 Å². The zero-order chi connectivity index (χ0) is 15.2. The van der Waals surface area contributed by atoms with Crippen LogP contribution in [0.25, 0.3) is 10.8 Å². The Hall–Kier alpha value is -2.18. The molecule has 1 unspecified atom stereocenters. The number of pyridine rings is 1. The van der Waals surface area contributed by atoms with E-state index in [4.69, 9.17) is 15.2 Å². The van der Waals surface area contributed by atoms with Crippen molar-refractivity contribution in [2.75, 3.05) is 33.1 Å². The van der Waals surface area contributed by atoms with Gasteiger partial charge in [0.2, 0.25) is 0 Å². The number of ether oxygens (including phenoxy) is 2. The highest BCUT2D eigenvalue weighted by atomic mass is 16.5. The molecular formula is C15H19N3O3. The summed E-state index contributed by atoms with van der Waals surface area (Å²) in [6.45, 7) is 0.777. The molecule has 1 heterocycles. The second-order valence-corrected chi connectivity index (χ2v) is 4.63. The van der Waals surface area contributed by atoms with Crippen molar-refractivity contribution in [3.63, 3.8) is 0 Å². The van der Waals surface area contributed by atoms with Gasteiger partial charge in [-0.15, -0.1) is 0 Å². The average molecular weight is 289 g/mol. The third-order valence-corrected chi connectivity index (χ3v) is 3.25. The van der Waals surface area contributed by atoms with E-state index in [-0.39, 0.29) is 12.0 Å². The molecule has 112 valence electrons. The predicted molar refractivity (Wildman–Crippen MR) is 81.2 cm³/mol. The second kappa shape index (κ2) is 7.01. The zero-order valence-electron chi connectivity index (χ0n) is 12.1. The molecule has 6 heteroatoms. The second-order valence-electron chi connectivity index (χ2n) is 4.63. The van der Waals surface area contributed by atoms with Crippen LogP contribution in [-0.2, 0) is 9.47 Å². The summed E-state index contributed by atoms with van der Waals surface area (Å²) in [6, 6.07) is 7.42. The van der Waals surface area contributed by atoms with E-state index in [0.717, 1.165) is 10.8 Å². The summed E-state index contributed by atoms with van der Waals surface area (Å²) >= 11 is 0. The number of hydrogen-bond donors (Lipinski definition) is 2. The van der Waals surface area contributed by atoms with Gasteiger partial charge in [0.1, 0.15) is 5.82 Å². The number of nitrogens with one attached hydrogen (secondary N) is 1. The molecule has 1 atom stereocenters. The molecule has 0 aliphatic heterocycles. The van der Waals surface area contributed by atoms with Gasteiger partial charge in [-0.3, -0.25) is 4.79 Å². The fourth-order valence-corrected chi connectivity index (χ4v) is 2.09. The fraction of sp³-hybridized carbons (Fsp3) is 0.333. The van der Waals surface area contributed by atoms with Gasteiger partial charge >= 0.3 is 0 Å². The Bertz CT molecular complexity index is 631. The maximum Gasteiger partial charge on any atom is 0.253 e. The van der Waals surface area contributed by atoms with Crippen LogP contribution in [-0.4, -0.2) is 44.4 Å². The van der Waals surface area contributed by atoms with E-state index in [1.807, 2.05) is 24.3 Å². The number of benzene rings is 1. The highest BCUT2D eigenvalue weighted by Gasteiger charge is 2.14. The number of rotatable bonds is 6. The lowest BCUT2D eigenvalue weighted by Crippen LogP contribution is -2.35. The Morgan fingerprint density at radius 2 is 2.05 bits per heavy atom. The molecule has 2 rings (SSSR count). The molecule has 1 aromatic carbocycles. The largest absolute Gasteiger partial charge is 0.383 e. The highest BCUT2D eigenvalue weighted by Crippen LogP contribution is 2.22. The number of amides is 1. The van der Waals surface area contributed by atoms with Crippen LogP contribution >= 0.6 is 0 Å². The van der Waals surface area contributed by atoms with Crippen molar-refractivity contribution in [3.8, 4) is 0 Å². The van der Waals surface area contributed by atoms with Crippen molar-refractivity contribution in [2.24, 2.45) is 0 Å². The van der Waals surface area contributed by atoms with Gasteiger partial charge in [0, 0.05) is 32.3 Å². The third kappa shape index (κ3) is 3.48. The summed E-state index contributed by atoms with van der Waals surface area (Å²) in [4.78, 5) is 16.4. The van der Waals surface area contributed by atoms with Gasteiger partial charge < -0.3 is 20.5 Å². The molecule has 0 aliphatic rings. The Kier molecular flexibility index (Phi) is 5.08. The number of methoxy groups -OCH3 is 2. The van der Waals surface area contributed by atoms with Gasteiger partial charge in [0.15, 0.2) is 0 Å². The first-order chi connectivity index (χ1) is 10.2. The molecule has 0 aliphatic carbocycles. The number of nitrogens with zero attached hydrogens (tertiary/aromatic N) is 1. The van der Waals surface area contributed by atoms with Crippen molar-refractivity contribution in [2.45, 2.75) is 6.10 Å². The molecule has 0 bridgehead atoms. The highest BCUT2D eigenvalue weighted by molar-refractivity contribution is 6.08. The number of nitrogens with two attached hydrogens (primary N) is 1. The van der Waals surface area contributed by atoms with E-state index in [9.17, 15) is 4.79 Å². The van der Waals surface area contributed by atoms with Crippen LogP contribution in [0.1, 0.15) is 10.4 Å². The standard InChI is InChI=1S/C15H19N3O3/c1-20-9-10(21-2)7-18-15(19)13-8-17-14(16)12-6-4-3-5-11(12)13/h3-6,8,10H,7,9H2,1-2H3,(H2,16,17)(H,18,19). The van der Waals surface area contributed by atoms with E-state index in [0.29, 0.717) is 24.5 Å². The van der Waals surface area contributed by atoms with Gasteiger partial charge in [-0.05, 0) is 5.39 Å². The molecule has 0 saturated heterocycles. The molecule has 0 fully saturated rings. The molecule has 0 saturated carbocycles. The summed E-state index contributed by atoms with van der Waals surface area (Å²) in [5.41, 5.74) is 6.32. The summed E-state index contributed by atoms with van der Waals surface area (Å²) in [6.07, 6.45) is 1.30. The molecule has 2 aromatic rings. The number of nitrogen functional groups attached to an aromatic ring is 1. The van der Waals surface area contributed by atoms with Crippen LogP contribution in [0.15, 0.2) is 30.5 Å². The maximum atomic E-state index is 12.3. The maximum absolute atomic E-state index is 12.3. The summed E-state index contributed by atoms with van der Waals surface area (Å²) in [5, 5.41) is 4.37. The Morgan fingerprint density at radius 3 is 2.71 bits per heavy atom. The van der Waals surface area contributed by atoms with E-state index < -0.39 is 0 Å². The van der Waals surface area contributed by atoms with Gasteiger partial charge in [-0.25, -0.2) is 4.98 Å². The topological polar surface area (TPSA) is 86.5 Å². The molecule has 1 amide bonds. The zero-order valence-corrected chi connectivity index (χ0v) is 12.1. The summed E-state index contributed by atoms with van der Waals surface area (Å²) in [5.74, 6) is 0.202. The smallest absolute Gasteiger partial charge is 0.253 e. The van der Waals surface area contributed by atoms with Gasteiger partial charge in [0.05, 0.1) is 18.3 Å². The van der Waals surface area contributed by atoms with Crippen molar-refractivity contribution in [3.05, 3.63) is 36.0 Å². The van der Waals surface area contributed by atoms with Gasteiger partial charge in [0.25, 0.3) is 5.91 Å². The predicted octanol–water partition coefficient (Wildman–Crippen LogP) is 1.21. The number of hydrogen-bond acceptors (Lipinski definition) is 5. The van der Waals surface area contributed by atoms with Crippen LogP contribution in [0.4, 0.5) is 5.82 Å². The van der Waals surface area contributed by atoms with E-state index in [1.54, 1.807) is 14.2 Å². The van der Waals surface area contributed by atoms with Gasteiger partial charge in [-0.2, -0.15) is 0 Å². The number of fused-ring (bicyclic) bond motifs is 1. The fourth-order valence-electron chi connectivity index (χ4n) is 2.09. The first-order valence-electron chi connectivity index (χ1n) is 6.60. The van der Waals surface area contributed by atoms with Gasteiger partial charge in [-0.1, -0.05) is 24.3 Å². The third-order valence-electron chi connectivity index (χ3n) is 3.25. The summed E-state index contributed by atoms with van der Waals surface area (Å²) < 4.78 is 10.2. The number of carbonyl (C=O) groups excluding carboxylic acids is 1. The van der Waals surface area contributed by atoms with Crippen LogP contribution < -0.4 is 11.1 Å². The van der Waals surface area contributed by atoms with Crippen molar-refractivity contribution >= 4 is 22.5 Å². The number of aromatic nitrogens is 1. The molecule has 1 aromatic heterocycles. The van der Waals surface area contributed by atoms with Crippen LogP contribution in [0, 0.1) is 0 Å². The normalized spacial score (nSPS) is 12.3. The Labute approximate surface area is 123 Å². The lowest BCUT2D eigenvalue weighted by atomic mass is 10.1. The molecule has 0 radical (unpaired) electrons. The molecule has 0 spiro atoms. The monoisotopic (exact) mass is 289 g/mol. The minimum absolute atomic E-state index is 0.188. The number of anilines is 1. The van der Waals surface area contributed by atoms with Crippen molar-refractivity contribution < 1.29 is 14.3 Å². The van der Waals surface area contributed by atoms with Crippen LogP contribution in [0.5, 0.6) is 0 Å². The first kappa shape index (κ1) is 15.2. The molecule has 6 nitrogen and oxygen atoms in total.